The minimum atomic E-state index is -1.20. The minimum absolute atomic E-state index is 0. The van der Waals surface area contributed by atoms with E-state index < -0.39 is 5.60 Å². The molecule has 0 spiro atoms. The summed E-state index contributed by atoms with van der Waals surface area (Å²) >= 11 is 0. The predicted octanol–water partition coefficient (Wildman–Crippen LogP) is 4.56. The molecule has 1 fully saturated rings. The number of aromatic nitrogens is 1. The molecule has 2 aromatic rings. The van der Waals surface area contributed by atoms with Gasteiger partial charge in [0.15, 0.2) is 0 Å². The van der Waals surface area contributed by atoms with E-state index in [9.17, 15) is 5.11 Å². The quantitative estimate of drug-likeness (QED) is 0.781. The molecule has 1 N–H and O–H groups in total. The molecule has 0 saturated carbocycles. The van der Waals surface area contributed by atoms with Gasteiger partial charge in [0.25, 0.3) is 0 Å². The zero-order valence-corrected chi connectivity index (χ0v) is 16.4. The van der Waals surface area contributed by atoms with E-state index in [0.717, 1.165) is 12.1 Å². The van der Waals surface area contributed by atoms with E-state index in [0.29, 0.717) is 17.8 Å². The first-order valence-electron chi connectivity index (χ1n) is 9.24. The van der Waals surface area contributed by atoms with Gasteiger partial charge in [0.2, 0.25) is 0 Å². The van der Waals surface area contributed by atoms with Gasteiger partial charge in [-0.05, 0) is 50.5 Å². The molecule has 3 nitrogen and oxygen atoms in total. The number of piperidine rings is 1. The molecule has 1 saturated heterocycles. The van der Waals surface area contributed by atoms with Crippen molar-refractivity contribution in [1.29, 1.82) is 0 Å². The monoisotopic (exact) mass is 372 g/mol. The van der Waals surface area contributed by atoms with Crippen LogP contribution in [-0.2, 0) is 5.60 Å². The average Bonchev–Trinajstić information content (AvgIpc) is 2.65. The molecule has 0 bridgehead atoms. The van der Waals surface area contributed by atoms with E-state index in [1.807, 2.05) is 54.6 Å². The molecule has 0 radical (unpaired) electrons. The summed E-state index contributed by atoms with van der Waals surface area (Å²) in [5.41, 5.74) is 0.284. The molecule has 0 amide bonds. The molecule has 3 atom stereocenters. The van der Waals surface area contributed by atoms with Gasteiger partial charge in [-0.1, -0.05) is 48.9 Å². The number of hydrogen-bond donors (Lipinski definition) is 1. The normalized spacial score (nSPS) is 23.3. The predicted molar refractivity (Wildman–Crippen MR) is 110 cm³/mol. The van der Waals surface area contributed by atoms with Gasteiger partial charge < -0.3 is 5.11 Å². The van der Waals surface area contributed by atoms with Crippen LogP contribution in [-0.4, -0.2) is 33.6 Å². The third kappa shape index (κ3) is 4.53. The SMILES string of the molecule is CC1CCCC(C)N1C/C=C/C(O)(c1ccccc1)c1ccccn1.Cl. The van der Waals surface area contributed by atoms with Crippen molar-refractivity contribution in [2.24, 2.45) is 0 Å². The van der Waals surface area contributed by atoms with Crippen LogP contribution in [0.25, 0.3) is 0 Å². The Balaban J connectivity index is 0.00000243. The molecule has 4 heteroatoms. The van der Waals surface area contributed by atoms with Crippen molar-refractivity contribution in [3.05, 3.63) is 78.1 Å². The second-order valence-corrected chi connectivity index (χ2v) is 7.08. The van der Waals surface area contributed by atoms with E-state index >= 15 is 0 Å². The van der Waals surface area contributed by atoms with Crippen LogP contribution in [0.2, 0.25) is 0 Å². The highest BCUT2D eigenvalue weighted by molar-refractivity contribution is 5.85. The Morgan fingerprint density at radius 3 is 2.35 bits per heavy atom. The molecule has 1 aliphatic rings. The largest absolute Gasteiger partial charge is 0.375 e. The maximum atomic E-state index is 11.4. The summed E-state index contributed by atoms with van der Waals surface area (Å²) in [4.78, 5) is 6.93. The maximum Gasteiger partial charge on any atom is 0.150 e. The van der Waals surface area contributed by atoms with E-state index in [2.05, 4.69) is 29.8 Å². The number of likely N-dealkylation sites (tertiary alicyclic amines) is 1. The first-order chi connectivity index (χ1) is 12.1. The van der Waals surface area contributed by atoms with Crippen LogP contribution in [0.3, 0.4) is 0 Å². The van der Waals surface area contributed by atoms with Gasteiger partial charge >= 0.3 is 0 Å². The standard InChI is InChI=1S/C22H28N2O.ClH/c1-18-10-8-11-19(2)24(18)17-9-15-22(25,20-12-4-3-5-13-20)21-14-6-7-16-23-21;/h3-7,9,12-16,18-19,25H,8,10-11,17H2,1-2H3;1H/b15-9+;. The summed E-state index contributed by atoms with van der Waals surface area (Å²) in [6.07, 6.45) is 9.54. The van der Waals surface area contributed by atoms with Crippen molar-refractivity contribution in [1.82, 2.24) is 9.88 Å². The molecule has 1 aromatic heterocycles. The second-order valence-electron chi connectivity index (χ2n) is 7.08. The number of rotatable bonds is 5. The van der Waals surface area contributed by atoms with Gasteiger partial charge in [-0.15, -0.1) is 12.4 Å². The Hall–Kier alpha value is -1.68. The van der Waals surface area contributed by atoms with Gasteiger partial charge in [-0.2, -0.15) is 0 Å². The molecule has 2 heterocycles. The third-order valence-corrected chi connectivity index (χ3v) is 5.32. The van der Waals surface area contributed by atoms with E-state index in [1.165, 1.54) is 19.3 Å². The van der Waals surface area contributed by atoms with Gasteiger partial charge in [0, 0.05) is 24.8 Å². The smallest absolute Gasteiger partial charge is 0.150 e. The van der Waals surface area contributed by atoms with Crippen LogP contribution in [0.1, 0.15) is 44.4 Å². The summed E-state index contributed by atoms with van der Waals surface area (Å²) in [5.74, 6) is 0. The topological polar surface area (TPSA) is 36.4 Å². The highest BCUT2D eigenvalue weighted by Gasteiger charge is 2.30. The van der Waals surface area contributed by atoms with Crippen molar-refractivity contribution in [2.45, 2.75) is 50.8 Å². The molecule has 140 valence electrons. The van der Waals surface area contributed by atoms with Gasteiger partial charge in [-0.25, -0.2) is 0 Å². The molecule has 1 aromatic carbocycles. The Morgan fingerprint density at radius 2 is 1.73 bits per heavy atom. The fourth-order valence-corrected chi connectivity index (χ4v) is 3.79. The minimum Gasteiger partial charge on any atom is -0.375 e. The number of aliphatic hydroxyl groups is 1. The maximum absolute atomic E-state index is 11.4. The van der Waals surface area contributed by atoms with Crippen LogP contribution in [0, 0.1) is 0 Å². The third-order valence-electron chi connectivity index (χ3n) is 5.32. The van der Waals surface area contributed by atoms with E-state index in [4.69, 9.17) is 0 Å². The highest BCUT2D eigenvalue weighted by Crippen LogP contribution is 2.30. The zero-order chi connectivity index (χ0) is 17.7. The van der Waals surface area contributed by atoms with Crippen LogP contribution in [0.15, 0.2) is 66.9 Å². The first kappa shape index (κ1) is 20.6. The Morgan fingerprint density at radius 1 is 1.08 bits per heavy atom. The summed E-state index contributed by atoms with van der Waals surface area (Å²) < 4.78 is 0. The molecule has 3 unspecified atom stereocenters. The lowest BCUT2D eigenvalue weighted by Gasteiger charge is -2.38. The van der Waals surface area contributed by atoms with Gasteiger partial charge in [-0.3, -0.25) is 9.88 Å². The number of benzene rings is 1. The molecule has 1 aliphatic heterocycles. The van der Waals surface area contributed by atoms with E-state index in [-0.39, 0.29) is 12.4 Å². The average molecular weight is 373 g/mol. The van der Waals surface area contributed by atoms with Crippen molar-refractivity contribution in [2.75, 3.05) is 6.54 Å². The van der Waals surface area contributed by atoms with Crippen molar-refractivity contribution >= 4 is 12.4 Å². The van der Waals surface area contributed by atoms with Gasteiger partial charge in [0.05, 0.1) is 5.69 Å². The lowest BCUT2D eigenvalue weighted by Crippen LogP contribution is -2.43. The van der Waals surface area contributed by atoms with Crippen LogP contribution in [0.4, 0.5) is 0 Å². The summed E-state index contributed by atoms with van der Waals surface area (Å²) in [6.45, 7) is 5.45. The molecule has 3 rings (SSSR count). The van der Waals surface area contributed by atoms with Crippen molar-refractivity contribution in [3.8, 4) is 0 Å². The lowest BCUT2D eigenvalue weighted by atomic mass is 9.89. The Kier molecular flexibility index (Phi) is 7.39. The Labute approximate surface area is 163 Å². The van der Waals surface area contributed by atoms with Crippen LogP contribution < -0.4 is 0 Å². The molecule has 26 heavy (non-hydrogen) atoms. The van der Waals surface area contributed by atoms with Gasteiger partial charge in [0.1, 0.15) is 5.60 Å². The number of halogens is 1. The van der Waals surface area contributed by atoms with Crippen LogP contribution >= 0.6 is 12.4 Å². The Bertz CT molecular complexity index is 640. The zero-order valence-electron chi connectivity index (χ0n) is 15.6. The fourth-order valence-electron chi connectivity index (χ4n) is 3.79. The van der Waals surface area contributed by atoms with Crippen molar-refractivity contribution in [3.63, 3.8) is 0 Å². The number of hydrogen-bond acceptors (Lipinski definition) is 3. The van der Waals surface area contributed by atoms with Crippen molar-refractivity contribution < 1.29 is 5.11 Å². The fraction of sp³-hybridized carbons (Fsp3) is 0.409. The molecule has 0 aliphatic carbocycles. The molecular formula is C22H29ClN2O. The highest BCUT2D eigenvalue weighted by atomic mass is 35.5. The number of nitrogens with zero attached hydrogens (tertiary/aromatic N) is 2. The second kappa shape index (κ2) is 9.31. The first-order valence-corrected chi connectivity index (χ1v) is 9.24. The molecular weight excluding hydrogens is 344 g/mol. The summed E-state index contributed by atoms with van der Waals surface area (Å²) in [5, 5.41) is 11.4. The lowest BCUT2D eigenvalue weighted by molar-refractivity contribution is 0.113. The summed E-state index contributed by atoms with van der Waals surface area (Å²) in [6, 6.07) is 16.6. The van der Waals surface area contributed by atoms with Crippen LogP contribution in [0.5, 0.6) is 0 Å². The number of pyridine rings is 1. The van der Waals surface area contributed by atoms with E-state index in [1.54, 1.807) is 6.20 Å². The summed E-state index contributed by atoms with van der Waals surface area (Å²) in [7, 11) is 0.